The molecule has 22 heavy (non-hydrogen) atoms. The van der Waals surface area contributed by atoms with Crippen LogP contribution in [0.2, 0.25) is 0 Å². The molecule has 1 saturated heterocycles. The molecule has 0 bridgehead atoms. The Kier molecular flexibility index (Phi) is 7.18. The molecule has 1 aromatic rings. The van der Waals surface area contributed by atoms with Crippen LogP contribution in [0.3, 0.4) is 0 Å². The Labute approximate surface area is 136 Å². The number of rotatable bonds is 8. The van der Waals surface area contributed by atoms with Crippen LogP contribution in [0.4, 0.5) is 0 Å². The Balaban J connectivity index is 1.84. The van der Waals surface area contributed by atoms with Gasteiger partial charge < -0.3 is 14.2 Å². The summed E-state index contributed by atoms with van der Waals surface area (Å²) in [6, 6.07) is 0.418. The van der Waals surface area contributed by atoms with Crippen LogP contribution in [0.15, 0.2) is 11.5 Å². The first-order valence-corrected chi connectivity index (χ1v) is 9.03. The molecule has 0 saturated carbocycles. The molecular weight excluding hydrogens is 300 g/mol. The van der Waals surface area contributed by atoms with E-state index in [1.807, 2.05) is 4.57 Å². The molecule has 6 nitrogen and oxygen atoms in total. The van der Waals surface area contributed by atoms with Gasteiger partial charge in [0, 0.05) is 32.8 Å². The molecule has 0 N–H and O–H groups in total. The van der Waals surface area contributed by atoms with Crippen molar-refractivity contribution in [3.63, 3.8) is 0 Å². The molecule has 7 heteroatoms. The van der Waals surface area contributed by atoms with E-state index >= 15 is 0 Å². The summed E-state index contributed by atoms with van der Waals surface area (Å²) in [6.45, 7) is 4.60. The van der Waals surface area contributed by atoms with Crippen molar-refractivity contribution in [3.8, 4) is 0 Å². The molecule has 0 aromatic carbocycles. The van der Waals surface area contributed by atoms with Gasteiger partial charge in [-0.15, -0.1) is 10.2 Å². The molecule has 2 heterocycles. The fraction of sp³-hybridized carbons (Fsp3) is 0.800. The summed E-state index contributed by atoms with van der Waals surface area (Å²) in [5, 5.41) is 8.88. The predicted octanol–water partition coefficient (Wildman–Crippen LogP) is 2.20. The van der Waals surface area contributed by atoms with Crippen LogP contribution < -0.4 is 0 Å². The lowest BCUT2D eigenvalue weighted by atomic mass is 10.0. The second-order valence-corrected chi connectivity index (χ2v) is 6.53. The number of hydrogen-bond acceptors (Lipinski definition) is 5. The quantitative estimate of drug-likeness (QED) is 0.541. The molecule has 1 amide bonds. The van der Waals surface area contributed by atoms with Gasteiger partial charge in [0.25, 0.3) is 0 Å². The maximum absolute atomic E-state index is 12.5. The molecular formula is C15H26N4O2S. The fourth-order valence-electron chi connectivity index (χ4n) is 2.85. The van der Waals surface area contributed by atoms with Gasteiger partial charge in [-0.25, -0.2) is 0 Å². The largest absolute Gasteiger partial charge is 0.385 e. The number of thioether (sulfide) groups is 1. The van der Waals surface area contributed by atoms with Gasteiger partial charge in [0.15, 0.2) is 5.16 Å². The van der Waals surface area contributed by atoms with Crippen LogP contribution in [0, 0.1) is 0 Å². The van der Waals surface area contributed by atoms with E-state index < -0.39 is 0 Å². The number of hydrogen-bond donors (Lipinski definition) is 0. The van der Waals surface area contributed by atoms with E-state index in [2.05, 4.69) is 22.0 Å². The lowest BCUT2D eigenvalue weighted by molar-refractivity contribution is -0.132. The number of aryl methyl sites for hydroxylation is 1. The zero-order valence-electron chi connectivity index (χ0n) is 13.5. The van der Waals surface area contributed by atoms with Crippen molar-refractivity contribution in [2.45, 2.75) is 56.8 Å². The van der Waals surface area contributed by atoms with Gasteiger partial charge in [-0.1, -0.05) is 18.7 Å². The van der Waals surface area contributed by atoms with Crippen molar-refractivity contribution in [2.75, 3.05) is 26.0 Å². The van der Waals surface area contributed by atoms with E-state index in [4.69, 9.17) is 4.74 Å². The zero-order chi connectivity index (χ0) is 15.8. The van der Waals surface area contributed by atoms with Crippen LogP contribution in [0.5, 0.6) is 0 Å². The number of carbonyl (C=O) groups excluding carboxylic acids is 1. The highest BCUT2D eigenvalue weighted by Crippen LogP contribution is 2.22. The van der Waals surface area contributed by atoms with Crippen LogP contribution >= 0.6 is 11.8 Å². The zero-order valence-corrected chi connectivity index (χ0v) is 14.3. The summed E-state index contributed by atoms with van der Waals surface area (Å²) in [4.78, 5) is 14.5. The van der Waals surface area contributed by atoms with Crippen molar-refractivity contribution in [1.29, 1.82) is 0 Å². The maximum atomic E-state index is 12.5. The van der Waals surface area contributed by atoms with E-state index in [1.165, 1.54) is 18.2 Å². The summed E-state index contributed by atoms with van der Waals surface area (Å²) >= 11 is 1.48. The molecule has 1 fully saturated rings. The summed E-state index contributed by atoms with van der Waals surface area (Å²) in [5.74, 6) is 0.669. The van der Waals surface area contributed by atoms with Gasteiger partial charge in [-0.3, -0.25) is 4.79 Å². The standard InChI is InChI=1S/C15H26N4O2S/c1-3-13-7-4-5-9-19(13)14(20)11-22-15-17-16-12-18(15)8-6-10-21-2/h12-13H,3-11H2,1-2H3. The van der Waals surface area contributed by atoms with Gasteiger partial charge in [0.1, 0.15) is 6.33 Å². The predicted molar refractivity (Wildman–Crippen MR) is 86.9 cm³/mol. The van der Waals surface area contributed by atoms with Gasteiger partial charge in [-0.2, -0.15) is 0 Å². The molecule has 124 valence electrons. The van der Waals surface area contributed by atoms with Crippen molar-refractivity contribution >= 4 is 17.7 Å². The van der Waals surface area contributed by atoms with E-state index in [0.29, 0.717) is 18.4 Å². The summed E-state index contributed by atoms with van der Waals surface area (Å²) in [5.41, 5.74) is 0. The minimum absolute atomic E-state index is 0.225. The monoisotopic (exact) mass is 326 g/mol. The Bertz CT molecular complexity index is 466. The normalized spacial score (nSPS) is 18.6. The average molecular weight is 326 g/mol. The number of aromatic nitrogens is 3. The first-order chi connectivity index (χ1) is 10.8. The van der Waals surface area contributed by atoms with E-state index in [0.717, 1.165) is 43.9 Å². The topological polar surface area (TPSA) is 60.2 Å². The van der Waals surface area contributed by atoms with Crippen molar-refractivity contribution in [1.82, 2.24) is 19.7 Å². The molecule has 1 aromatic heterocycles. The van der Waals surface area contributed by atoms with Gasteiger partial charge >= 0.3 is 0 Å². The molecule has 1 aliphatic heterocycles. The minimum Gasteiger partial charge on any atom is -0.385 e. The Morgan fingerprint density at radius 1 is 1.50 bits per heavy atom. The molecule has 1 unspecified atom stereocenters. The van der Waals surface area contributed by atoms with Crippen LogP contribution in [0.25, 0.3) is 0 Å². The molecule has 0 aliphatic carbocycles. The lowest BCUT2D eigenvalue weighted by Gasteiger charge is -2.35. The van der Waals surface area contributed by atoms with E-state index in [-0.39, 0.29) is 5.91 Å². The highest BCUT2D eigenvalue weighted by molar-refractivity contribution is 7.99. The SMILES string of the molecule is CCC1CCCCN1C(=O)CSc1nncn1CCCOC. The Morgan fingerprint density at radius 3 is 3.14 bits per heavy atom. The van der Waals surface area contributed by atoms with Crippen LogP contribution in [-0.2, 0) is 16.1 Å². The third-order valence-electron chi connectivity index (χ3n) is 4.07. The number of piperidine rings is 1. The Hall–Kier alpha value is -1.08. The highest BCUT2D eigenvalue weighted by atomic mass is 32.2. The summed E-state index contributed by atoms with van der Waals surface area (Å²) in [7, 11) is 1.70. The van der Waals surface area contributed by atoms with Gasteiger partial charge in [0.05, 0.1) is 5.75 Å². The van der Waals surface area contributed by atoms with Crippen molar-refractivity contribution in [2.24, 2.45) is 0 Å². The second kappa shape index (κ2) is 9.15. The molecule has 0 spiro atoms. The second-order valence-electron chi connectivity index (χ2n) is 5.59. The van der Waals surface area contributed by atoms with Crippen LogP contribution in [-0.4, -0.2) is 57.6 Å². The number of ether oxygens (including phenoxy) is 1. The number of carbonyl (C=O) groups is 1. The first kappa shape index (κ1) is 17.3. The summed E-state index contributed by atoms with van der Waals surface area (Å²) < 4.78 is 7.05. The third kappa shape index (κ3) is 4.71. The number of amides is 1. The van der Waals surface area contributed by atoms with Crippen molar-refractivity contribution in [3.05, 3.63) is 6.33 Å². The third-order valence-corrected chi connectivity index (χ3v) is 5.04. The fourth-order valence-corrected chi connectivity index (χ4v) is 3.68. The van der Waals surface area contributed by atoms with Gasteiger partial charge in [0.2, 0.25) is 5.91 Å². The minimum atomic E-state index is 0.225. The molecule has 1 atom stereocenters. The summed E-state index contributed by atoms with van der Waals surface area (Å²) in [6.07, 6.45) is 7.19. The number of methoxy groups -OCH3 is 1. The van der Waals surface area contributed by atoms with E-state index in [9.17, 15) is 4.79 Å². The highest BCUT2D eigenvalue weighted by Gasteiger charge is 2.25. The first-order valence-electron chi connectivity index (χ1n) is 8.05. The molecule has 0 radical (unpaired) electrons. The van der Waals surface area contributed by atoms with Crippen LogP contribution in [0.1, 0.15) is 39.0 Å². The number of likely N-dealkylation sites (tertiary alicyclic amines) is 1. The number of nitrogens with zero attached hydrogens (tertiary/aromatic N) is 4. The molecule has 2 rings (SSSR count). The average Bonchev–Trinajstić information content (AvgIpc) is 3.00. The van der Waals surface area contributed by atoms with Crippen molar-refractivity contribution < 1.29 is 9.53 Å². The molecule has 1 aliphatic rings. The van der Waals surface area contributed by atoms with Gasteiger partial charge in [-0.05, 0) is 32.1 Å². The Morgan fingerprint density at radius 2 is 2.36 bits per heavy atom. The van der Waals surface area contributed by atoms with E-state index in [1.54, 1.807) is 13.4 Å². The lowest BCUT2D eigenvalue weighted by Crippen LogP contribution is -2.44. The maximum Gasteiger partial charge on any atom is 0.233 e. The smallest absolute Gasteiger partial charge is 0.233 e.